The third-order valence-corrected chi connectivity index (χ3v) is 31.8. The largest absolute Gasteiger partial charge is 0.310 e. The molecule has 0 N–H and O–H groups in total. The summed E-state index contributed by atoms with van der Waals surface area (Å²) >= 11 is 0. The van der Waals surface area contributed by atoms with Crippen molar-refractivity contribution in [2.45, 2.75) is 0 Å². The van der Waals surface area contributed by atoms with Crippen LogP contribution in [-0.4, -0.2) is 13.7 Å². The molecule has 0 bridgehead atoms. The van der Waals surface area contributed by atoms with Gasteiger partial charge in [0.2, 0.25) is 0 Å². The van der Waals surface area contributed by atoms with E-state index in [1.165, 1.54) is 0 Å². The van der Waals surface area contributed by atoms with E-state index < -0.39 is 14.3 Å². The quantitative estimate of drug-likeness (QED) is 0.0801. The van der Waals surface area contributed by atoms with Crippen molar-refractivity contribution in [3.8, 4) is 17.1 Å². The maximum Gasteiger partial charge on any atom is 0.177 e. The Labute approximate surface area is 753 Å². The Kier molecular flexibility index (Phi) is 20.0. The summed E-state index contributed by atoms with van der Waals surface area (Å²) in [7, 11) is -8.05. The molecule has 0 amide bonds. The first-order valence-corrected chi connectivity index (χ1v) is 47.5. The van der Waals surface area contributed by atoms with E-state index >= 15 is 9.13 Å². The summed E-state index contributed by atoms with van der Waals surface area (Å²) in [4.78, 5) is 6.86. The fourth-order valence-corrected chi connectivity index (χ4v) is 26.1. The first-order chi connectivity index (χ1) is 64.3. The van der Waals surface area contributed by atoms with Crippen molar-refractivity contribution >= 4 is 195 Å². The molecule has 616 valence electrons. The normalized spacial score (nSPS) is 11.8. The average Bonchev–Trinajstić information content (AvgIpc) is 1.08. The Hall–Kier alpha value is -16.3. The molecule has 3 aromatic heterocycles. The molecule has 0 radical (unpaired) electrons. The van der Waals surface area contributed by atoms with Crippen LogP contribution in [0.3, 0.4) is 0 Å². The molecule has 0 aliphatic rings. The highest BCUT2D eigenvalue weighted by Crippen LogP contribution is 2.57. The maximum atomic E-state index is 19.2. The van der Waals surface area contributed by atoms with Crippen LogP contribution in [0.2, 0.25) is 0 Å². The number of para-hydroxylation sites is 15. The number of hydrogen-bond donors (Lipinski definition) is 0. The van der Waals surface area contributed by atoms with Crippen molar-refractivity contribution in [2.24, 2.45) is 0 Å². The minimum atomic E-state index is -4.21. The number of aromatic nitrogens is 3. The zero-order valence-electron chi connectivity index (χ0n) is 70.9. The lowest BCUT2D eigenvalue weighted by atomic mass is 10.1. The van der Waals surface area contributed by atoms with Crippen molar-refractivity contribution < 1.29 is 9.13 Å². The maximum absolute atomic E-state index is 19.2. The van der Waals surface area contributed by atoms with Gasteiger partial charge in [-0.3, -0.25) is 0 Å². The molecule has 130 heavy (non-hydrogen) atoms. The molecule has 10 heteroatoms. The molecule has 0 spiro atoms. The molecule has 0 aliphatic carbocycles. The van der Waals surface area contributed by atoms with Gasteiger partial charge in [0.1, 0.15) is 0 Å². The molecule has 0 aliphatic heterocycles. The summed E-state index contributed by atoms with van der Waals surface area (Å²) in [5.74, 6) is 0. The molecule has 0 atom stereocenters. The van der Waals surface area contributed by atoms with Gasteiger partial charge in [0.05, 0.1) is 67.2 Å². The van der Waals surface area contributed by atoms with Crippen molar-refractivity contribution in [1.29, 1.82) is 0 Å². The van der Waals surface area contributed by atoms with Crippen LogP contribution in [0.15, 0.2) is 510 Å². The summed E-state index contributed by atoms with van der Waals surface area (Å²) in [5.41, 5.74) is 17.2. The highest BCUT2D eigenvalue weighted by Gasteiger charge is 2.43. The number of hydrogen-bond acceptors (Lipinski definition) is 5. The van der Waals surface area contributed by atoms with Crippen LogP contribution in [0, 0.1) is 0 Å². The molecular formula is C120H84N6O2P2. The third kappa shape index (κ3) is 13.4. The Morgan fingerprint density at radius 3 is 0.531 bits per heavy atom. The second-order valence-electron chi connectivity index (χ2n) is 32.9. The van der Waals surface area contributed by atoms with Crippen molar-refractivity contribution in [1.82, 2.24) is 13.7 Å². The van der Waals surface area contributed by atoms with Gasteiger partial charge >= 0.3 is 0 Å². The fraction of sp³-hybridized carbons (Fsp3) is 0. The summed E-state index contributed by atoms with van der Waals surface area (Å²) < 4.78 is 44.1. The van der Waals surface area contributed by atoms with E-state index in [9.17, 15) is 0 Å². The highest BCUT2D eigenvalue weighted by molar-refractivity contribution is 7.86. The lowest BCUT2D eigenvalue weighted by Gasteiger charge is -2.36. The number of anilines is 9. The minimum Gasteiger partial charge on any atom is -0.310 e. The molecule has 3 heterocycles. The lowest BCUT2D eigenvalue weighted by Crippen LogP contribution is -2.33. The van der Waals surface area contributed by atoms with E-state index in [2.05, 4.69) is 483 Å². The predicted octanol–water partition coefficient (Wildman–Crippen LogP) is 29.8. The standard InChI is InChI=1S/C66H48N3OP.C54H36N3OP/c70-71(64-46-52-28-22-19-25-49(52)43-61(64)67(55-31-7-1-8-32-55)56-33-9-2-10-34-56,65-47-53-29-23-20-26-50(53)44-62(65)68(57-35-11-3-12-36-57)58-37-13-4-14-38-58)66-48-54-30-24-21-27-51(54)45-63(66)69(59-39-15-5-16-40-59)60-41-17-6-18-42-60;58-59(52-34-16-13-31-49(52)55-43-25-7-1-19-37(43)38-20-2-8-26-44(38)55,53-35-17-14-32-50(53)56-45-27-9-3-21-39(45)40-22-4-10-28-46(40)56)54-36-18-15-33-51(54)57-47-29-11-5-23-41(47)42-24-6-12-30-48(42)57/h1-48H;1-36H. The van der Waals surface area contributed by atoms with Crippen molar-refractivity contribution in [2.75, 3.05) is 14.7 Å². The zero-order chi connectivity index (χ0) is 86.6. The topological polar surface area (TPSA) is 58.7 Å². The predicted molar refractivity (Wildman–Crippen MR) is 551 cm³/mol. The van der Waals surface area contributed by atoms with Gasteiger partial charge in [0, 0.05) is 98.3 Å². The van der Waals surface area contributed by atoms with Crippen LogP contribution in [-0.2, 0) is 9.13 Å². The second-order valence-corrected chi connectivity index (χ2v) is 38.2. The van der Waals surface area contributed by atoms with Gasteiger partial charge < -0.3 is 37.5 Å². The molecule has 0 unspecified atom stereocenters. The van der Waals surface area contributed by atoms with E-state index in [0.29, 0.717) is 15.9 Å². The molecule has 21 aromatic carbocycles. The summed E-state index contributed by atoms with van der Waals surface area (Å²) in [6, 6.07) is 178. The lowest BCUT2D eigenvalue weighted by molar-refractivity contribution is 0.591. The SMILES string of the molecule is O=P(c1cc2ccccc2cc1N(c1ccccc1)c1ccccc1)(c1cc2ccccc2cc1N(c1ccccc1)c1ccccc1)c1cc2ccccc2cc1N(c1ccccc1)c1ccccc1.O=P(c1ccccc1-n1c2ccccc2c2ccccc21)(c1ccccc1-n1c2ccccc2c2ccccc21)c1ccccc1-n1c2ccccc2c2ccccc21. The van der Waals surface area contributed by atoms with Gasteiger partial charge in [0.25, 0.3) is 0 Å². The van der Waals surface area contributed by atoms with Gasteiger partial charge in [-0.1, -0.05) is 328 Å². The van der Waals surface area contributed by atoms with Crippen LogP contribution in [0.1, 0.15) is 0 Å². The molecule has 0 saturated heterocycles. The van der Waals surface area contributed by atoms with Gasteiger partial charge in [-0.2, -0.15) is 0 Å². The first-order valence-electron chi connectivity index (χ1n) is 44.1. The van der Waals surface area contributed by atoms with Gasteiger partial charge in [-0.05, 0) is 214 Å². The Balaban J connectivity index is 0.000000150. The van der Waals surface area contributed by atoms with Crippen LogP contribution in [0.25, 0.3) is 115 Å². The van der Waals surface area contributed by atoms with E-state index in [-0.39, 0.29) is 0 Å². The van der Waals surface area contributed by atoms with Crippen LogP contribution < -0.4 is 46.5 Å². The van der Waals surface area contributed by atoms with E-state index in [1.807, 2.05) is 54.6 Å². The fourth-order valence-electron chi connectivity index (χ4n) is 19.8. The molecule has 0 fully saturated rings. The zero-order valence-corrected chi connectivity index (χ0v) is 72.7. The number of benzene rings is 21. The number of fused-ring (bicyclic) bond motifs is 12. The summed E-state index contributed by atoms with van der Waals surface area (Å²) in [5, 5.41) is 17.5. The number of rotatable bonds is 18. The van der Waals surface area contributed by atoms with Crippen molar-refractivity contribution in [3.63, 3.8) is 0 Å². The summed E-state index contributed by atoms with van der Waals surface area (Å²) in [6.45, 7) is 0. The van der Waals surface area contributed by atoms with Gasteiger partial charge in [-0.15, -0.1) is 0 Å². The van der Waals surface area contributed by atoms with Gasteiger partial charge in [-0.25, -0.2) is 0 Å². The molecular weight excluding hydrogens is 1620 g/mol. The van der Waals surface area contributed by atoms with Crippen LogP contribution >= 0.6 is 14.3 Å². The molecule has 24 aromatic rings. The first kappa shape index (κ1) is 78.4. The average molecular weight is 1700 g/mol. The van der Waals surface area contributed by atoms with E-state index in [0.717, 1.165) is 182 Å². The van der Waals surface area contributed by atoms with Crippen molar-refractivity contribution in [3.05, 3.63) is 510 Å². The summed E-state index contributed by atoms with van der Waals surface area (Å²) in [6.07, 6.45) is 0. The molecule has 8 nitrogen and oxygen atoms in total. The smallest absolute Gasteiger partial charge is 0.177 e. The minimum absolute atomic E-state index is 0.708. The van der Waals surface area contributed by atoms with Crippen LogP contribution in [0.4, 0.5) is 51.2 Å². The highest BCUT2D eigenvalue weighted by atomic mass is 31.2. The molecule has 24 rings (SSSR count). The monoisotopic (exact) mass is 1700 g/mol. The van der Waals surface area contributed by atoms with E-state index in [4.69, 9.17) is 0 Å². The third-order valence-electron chi connectivity index (χ3n) is 25.5. The number of nitrogens with zero attached hydrogens (tertiary/aromatic N) is 6. The Morgan fingerprint density at radius 1 is 0.154 bits per heavy atom. The van der Waals surface area contributed by atoms with Gasteiger partial charge in [0.15, 0.2) is 14.3 Å². The van der Waals surface area contributed by atoms with Crippen LogP contribution in [0.5, 0.6) is 0 Å². The van der Waals surface area contributed by atoms with E-state index in [1.54, 1.807) is 0 Å². The second kappa shape index (κ2) is 33.2. The molecule has 0 saturated carbocycles. The Morgan fingerprint density at radius 2 is 0.315 bits per heavy atom. The Bertz CT molecular complexity index is 7470.